The number of benzene rings is 1. The largest absolute Gasteiger partial charge is 0.437 e. The van der Waals surface area contributed by atoms with E-state index < -0.39 is 11.7 Å². The molecule has 2 rings (SSSR count). The van der Waals surface area contributed by atoms with Crippen molar-refractivity contribution in [3.63, 3.8) is 0 Å². The summed E-state index contributed by atoms with van der Waals surface area (Å²) in [6, 6.07) is 5.44. The van der Waals surface area contributed by atoms with Crippen molar-refractivity contribution in [3.05, 3.63) is 51.6 Å². The van der Waals surface area contributed by atoms with Crippen LogP contribution >= 0.6 is 15.9 Å². The van der Waals surface area contributed by atoms with E-state index in [0.717, 1.165) is 11.6 Å². The number of nitrogens with two attached hydrogens (primary N) is 1. The molecule has 0 amide bonds. The van der Waals surface area contributed by atoms with Crippen molar-refractivity contribution < 1.29 is 17.9 Å². The first-order valence-corrected chi connectivity index (χ1v) is 6.80. The highest BCUT2D eigenvalue weighted by molar-refractivity contribution is 9.10. The fourth-order valence-electron chi connectivity index (χ4n) is 1.71. The normalized spacial score (nSPS) is 11.5. The first-order chi connectivity index (χ1) is 9.81. The zero-order valence-corrected chi connectivity index (χ0v) is 12.6. The lowest BCUT2D eigenvalue weighted by Crippen LogP contribution is -2.09. The molecule has 21 heavy (non-hydrogen) atoms. The second-order valence-corrected chi connectivity index (χ2v) is 5.29. The van der Waals surface area contributed by atoms with Gasteiger partial charge in [-0.05, 0) is 52.2 Å². The van der Waals surface area contributed by atoms with Gasteiger partial charge in [-0.25, -0.2) is 4.98 Å². The van der Waals surface area contributed by atoms with Crippen molar-refractivity contribution in [2.24, 2.45) is 5.73 Å². The van der Waals surface area contributed by atoms with Crippen molar-refractivity contribution in [2.75, 3.05) is 0 Å². The Bertz CT molecular complexity index is 659. The number of hydrogen-bond acceptors (Lipinski definition) is 3. The number of aryl methyl sites for hydroxylation is 1. The first kappa shape index (κ1) is 15.8. The number of halogens is 4. The number of aromatic nitrogens is 1. The molecule has 0 aliphatic heterocycles. The van der Waals surface area contributed by atoms with Crippen LogP contribution in [-0.2, 0) is 12.7 Å². The minimum Gasteiger partial charge on any atom is -0.437 e. The van der Waals surface area contributed by atoms with Crippen LogP contribution in [0.15, 0.2) is 34.9 Å². The third-order valence-corrected chi connectivity index (χ3v) is 3.30. The average Bonchev–Trinajstić information content (AvgIpc) is 2.41. The summed E-state index contributed by atoms with van der Waals surface area (Å²) in [7, 11) is 0. The molecular formula is C14H12BrF3N2O. The Morgan fingerprint density at radius 3 is 2.57 bits per heavy atom. The van der Waals surface area contributed by atoms with Gasteiger partial charge in [0.1, 0.15) is 5.75 Å². The van der Waals surface area contributed by atoms with Crippen molar-refractivity contribution in [1.29, 1.82) is 0 Å². The maximum Gasteiger partial charge on any atom is 0.419 e. The van der Waals surface area contributed by atoms with Crippen molar-refractivity contribution >= 4 is 15.9 Å². The van der Waals surface area contributed by atoms with Gasteiger partial charge in [-0.15, -0.1) is 0 Å². The Labute approximate surface area is 128 Å². The molecule has 1 heterocycles. The van der Waals surface area contributed by atoms with Gasteiger partial charge in [0.15, 0.2) is 0 Å². The summed E-state index contributed by atoms with van der Waals surface area (Å²) in [4.78, 5) is 3.98. The zero-order chi connectivity index (χ0) is 15.6. The molecule has 7 heteroatoms. The number of nitrogens with zero attached hydrogens (tertiary/aromatic N) is 1. The van der Waals surface area contributed by atoms with E-state index in [1.165, 1.54) is 18.3 Å². The van der Waals surface area contributed by atoms with Gasteiger partial charge in [0.25, 0.3) is 0 Å². The molecule has 0 fully saturated rings. The molecule has 2 N–H and O–H groups in total. The third kappa shape index (κ3) is 3.74. The third-order valence-electron chi connectivity index (χ3n) is 2.74. The molecule has 1 aromatic carbocycles. The Morgan fingerprint density at radius 1 is 1.29 bits per heavy atom. The van der Waals surface area contributed by atoms with Gasteiger partial charge >= 0.3 is 6.18 Å². The van der Waals surface area contributed by atoms with E-state index in [1.807, 2.05) is 6.92 Å². The van der Waals surface area contributed by atoms with Gasteiger partial charge in [-0.3, -0.25) is 0 Å². The second kappa shape index (κ2) is 6.03. The molecule has 0 unspecified atom stereocenters. The van der Waals surface area contributed by atoms with Crippen LogP contribution < -0.4 is 10.5 Å². The predicted molar refractivity (Wildman–Crippen MR) is 76.1 cm³/mol. The lowest BCUT2D eigenvalue weighted by molar-refractivity contribution is -0.138. The molecule has 0 aliphatic carbocycles. The molecule has 112 valence electrons. The number of ether oxygens (including phenoxy) is 1. The second-order valence-electron chi connectivity index (χ2n) is 4.43. The minimum absolute atomic E-state index is 0.0236. The Hall–Kier alpha value is -1.60. The van der Waals surface area contributed by atoms with E-state index >= 15 is 0 Å². The maximum absolute atomic E-state index is 13.1. The molecule has 3 nitrogen and oxygen atoms in total. The van der Waals surface area contributed by atoms with Gasteiger partial charge in [0.05, 0.1) is 10.0 Å². The lowest BCUT2D eigenvalue weighted by atomic mass is 10.1. The molecule has 0 bridgehead atoms. The van der Waals surface area contributed by atoms with Gasteiger partial charge < -0.3 is 10.5 Å². The lowest BCUT2D eigenvalue weighted by Gasteiger charge is -2.15. The Balaban J connectivity index is 2.44. The summed E-state index contributed by atoms with van der Waals surface area (Å²) in [6.45, 7) is 1.84. The molecule has 0 saturated carbocycles. The summed E-state index contributed by atoms with van der Waals surface area (Å²) < 4.78 is 45.0. The summed E-state index contributed by atoms with van der Waals surface area (Å²) in [6.07, 6.45) is -3.01. The van der Waals surface area contributed by atoms with Crippen LogP contribution in [0.5, 0.6) is 11.6 Å². The number of pyridine rings is 1. The maximum atomic E-state index is 13.1. The molecule has 0 saturated heterocycles. The fourth-order valence-corrected chi connectivity index (χ4v) is 2.26. The fraction of sp³-hybridized carbons (Fsp3) is 0.214. The van der Waals surface area contributed by atoms with Gasteiger partial charge in [0, 0.05) is 12.7 Å². The predicted octanol–water partition coefficient (Wildman–Crippen LogP) is 4.42. The molecule has 2 aromatic rings. The summed E-state index contributed by atoms with van der Waals surface area (Å²) >= 11 is 3.22. The van der Waals surface area contributed by atoms with Crippen LogP contribution in [0.2, 0.25) is 0 Å². The van der Waals surface area contributed by atoms with E-state index in [4.69, 9.17) is 10.5 Å². The monoisotopic (exact) mass is 360 g/mol. The minimum atomic E-state index is -4.53. The van der Waals surface area contributed by atoms with E-state index in [9.17, 15) is 13.2 Å². The van der Waals surface area contributed by atoms with E-state index in [0.29, 0.717) is 10.0 Å². The Morgan fingerprint density at radius 2 is 2.00 bits per heavy atom. The number of alkyl halides is 3. The summed E-state index contributed by atoms with van der Waals surface area (Å²) in [5.74, 6) is -0.233. The van der Waals surface area contributed by atoms with E-state index in [1.54, 1.807) is 6.07 Å². The molecule has 0 aliphatic rings. The van der Waals surface area contributed by atoms with Gasteiger partial charge in [0.2, 0.25) is 5.88 Å². The quantitative estimate of drug-likeness (QED) is 0.880. The van der Waals surface area contributed by atoms with Crippen LogP contribution in [0.4, 0.5) is 13.2 Å². The van der Waals surface area contributed by atoms with Crippen molar-refractivity contribution in [2.45, 2.75) is 19.6 Å². The average molecular weight is 361 g/mol. The van der Waals surface area contributed by atoms with Crippen LogP contribution in [0, 0.1) is 6.92 Å². The van der Waals surface area contributed by atoms with Crippen molar-refractivity contribution in [3.8, 4) is 11.6 Å². The van der Waals surface area contributed by atoms with Crippen LogP contribution in [0.25, 0.3) is 0 Å². The SMILES string of the molecule is Cc1cnc(Oc2ccc(CN)cc2C(F)(F)F)c(Br)c1. The van der Waals surface area contributed by atoms with Crippen molar-refractivity contribution in [1.82, 2.24) is 4.98 Å². The molecule has 1 aromatic heterocycles. The van der Waals surface area contributed by atoms with Gasteiger partial charge in [-0.2, -0.15) is 13.2 Å². The molecular weight excluding hydrogens is 349 g/mol. The standard InChI is InChI=1S/C14H12BrF3N2O/c1-8-4-11(15)13(20-7-8)21-12-3-2-9(6-19)5-10(12)14(16,17)18/h2-5,7H,6,19H2,1H3. The highest BCUT2D eigenvalue weighted by Gasteiger charge is 2.35. The molecule has 0 spiro atoms. The number of hydrogen-bond donors (Lipinski definition) is 1. The van der Waals surface area contributed by atoms with Crippen LogP contribution in [0.3, 0.4) is 0 Å². The summed E-state index contributed by atoms with van der Waals surface area (Å²) in [5, 5.41) is 0. The Kier molecular flexibility index (Phi) is 4.53. The molecule has 0 atom stereocenters. The van der Waals surface area contributed by atoms with Gasteiger partial charge in [-0.1, -0.05) is 6.07 Å². The van der Waals surface area contributed by atoms with Crippen LogP contribution in [0.1, 0.15) is 16.7 Å². The summed E-state index contributed by atoms with van der Waals surface area (Å²) in [5.41, 5.74) is 5.75. The smallest absolute Gasteiger partial charge is 0.419 e. The highest BCUT2D eigenvalue weighted by atomic mass is 79.9. The highest BCUT2D eigenvalue weighted by Crippen LogP contribution is 2.39. The number of rotatable bonds is 3. The topological polar surface area (TPSA) is 48.1 Å². The van der Waals surface area contributed by atoms with Crippen LogP contribution in [-0.4, -0.2) is 4.98 Å². The molecule has 0 radical (unpaired) electrons. The van der Waals surface area contributed by atoms with E-state index in [-0.39, 0.29) is 18.2 Å². The zero-order valence-electron chi connectivity index (χ0n) is 11.0. The van der Waals surface area contributed by atoms with E-state index in [2.05, 4.69) is 20.9 Å². The first-order valence-electron chi connectivity index (χ1n) is 6.01.